The lowest BCUT2D eigenvalue weighted by molar-refractivity contribution is -0.142. The number of carbonyl (C=O) groups is 3. The molecule has 0 radical (unpaired) electrons. The van der Waals surface area contributed by atoms with Crippen LogP contribution in [0.3, 0.4) is 0 Å². The fourth-order valence-electron chi connectivity index (χ4n) is 5.41. The minimum absolute atomic E-state index is 0.183. The highest BCUT2D eigenvalue weighted by atomic mass is 35.5. The molecule has 5 rings (SSSR count). The Hall–Kier alpha value is -2.70. The number of hydrogen-bond donors (Lipinski definition) is 2. The maximum Gasteiger partial charge on any atom is 0.250 e. The molecule has 2 aromatic rings. The summed E-state index contributed by atoms with van der Waals surface area (Å²) in [4.78, 5) is 41.7. The highest BCUT2D eigenvalue weighted by Gasteiger charge is 2.70. The van der Waals surface area contributed by atoms with Crippen LogP contribution in [0.15, 0.2) is 48.5 Å². The molecule has 3 amide bonds. The van der Waals surface area contributed by atoms with Crippen LogP contribution in [0.4, 0.5) is 5.69 Å². The van der Waals surface area contributed by atoms with Gasteiger partial charge in [0.15, 0.2) is 0 Å². The van der Waals surface area contributed by atoms with E-state index in [1.54, 1.807) is 18.2 Å². The number of hydrogen-bond acceptors (Lipinski definition) is 4. The minimum Gasteiger partial charge on any atom is -0.324 e. The molecule has 0 bridgehead atoms. The Kier molecular flexibility index (Phi) is 4.87. The van der Waals surface area contributed by atoms with Crippen LogP contribution < -0.4 is 10.6 Å². The van der Waals surface area contributed by atoms with E-state index in [0.29, 0.717) is 29.2 Å². The van der Waals surface area contributed by atoms with E-state index in [1.807, 2.05) is 37.3 Å². The monoisotopic (exact) mass is 437 g/mol. The third kappa shape index (κ3) is 2.92. The average Bonchev–Trinajstić information content (AvgIpc) is 3.33. The van der Waals surface area contributed by atoms with Crippen molar-refractivity contribution in [3.8, 4) is 0 Å². The Balaban J connectivity index is 1.62. The molecule has 0 aliphatic carbocycles. The molecule has 160 valence electrons. The van der Waals surface area contributed by atoms with Crippen molar-refractivity contribution in [2.45, 2.75) is 37.8 Å². The zero-order valence-corrected chi connectivity index (χ0v) is 18.0. The van der Waals surface area contributed by atoms with Crippen molar-refractivity contribution in [1.29, 1.82) is 0 Å². The van der Waals surface area contributed by atoms with Gasteiger partial charge in [0.05, 0.1) is 11.8 Å². The number of carbonyl (C=O) groups excluding carboxylic acids is 3. The van der Waals surface area contributed by atoms with Gasteiger partial charge in [-0.1, -0.05) is 55.3 Å². The van der Waals surface area contributed by atoms with E-state index in [2.05, 4.69) is 10.6 Å². The lowest BCUT2D eigenvalue weighted by Gasteiger charge is -2.29. The van der Waals surface area contributed by atoms with Gasteiger partial charge >= 0.3 is 0 Å². The Bertz CT molecular complexity index is 1070. The molecule has 4 atom stereocenters. The van der Waals surface area contributed by atoms with Crippen molar-refractivity contribution in [1.82, 2.24) is 10.2 Å². The maximum atomic E-state index is 13.6. The number of anilines is 1. The first-order valence-electron chi connectivity index (χ1n) is 10.8. The SMILES string of the molecule is CCCCN1C(=O)[C@@H]2[C@H](Cc3ccccc3)N[C@@]3(C(=O)Nc4ccc(Cl)cc43)[C@@H]2C1=O. The Morgan fingerprint density at radius 1 is 1.06 bits per heavy atom. The van der Waals surface area contributed by atoms with Crippen LogP contribution in [0.1, 0.15) is 30.9 Å². The highest BCUT2D eigenvalue weighted by molar-refractivity contribution is 6.31. The summed E-state index contributed by atoms with van der Waals surface area (Å²) in [6, 6.07) is 14.7. The number of nitrogens with one attached hydrogen (secondary N) is 2. The number of fused-ring (bicyclic) bond motifs is 4. The quantitative estimate of drug-likeness (QED) is 0.704. The van der Waals surface area contributed by atoms with Crippen molar-refractivity contribution in [3.63, 3.8) is 0 Å². The predicted octanol–water partition coefficient (Wildman–Crippen LogP) is 3.10. The molecule has 2 saturated heterocycles. The number of nitrogens with zero attached hydrogens (tertiary/aromatic N) is 1. The number of imide groups is 1. The number of halogens is 1. The van der Waals surface area contributed by atoms with Gasteiger partial charge in [-0.2, -0.15) is 0 Å². The molecule has 7 heteroatoms. The fraction of sp³-hybridized carbons (Fsp3) is 0.375. The van der Waals surface area contributed by atoms with Gasteiger partial charge in [-0.25, -0.2) is 0 Å². The number of unbranched alkanes of at least 4 members (excludes halogenated alkanes) is 1. The van der Waals surface area contributed by atoms with Crippen LogP contribution in [0.25, 0.3) is 0 Å². The smallest absolute Gasteiger partial charge is 0.250 e. The number of amides is 3. The second kappa shape index (κ2) is 7.46. The van der Waals surface area contributed by atoms with Crippen molar-refractivity contribution < 1.29 is 14.4 Å². The number of rotatable bonds is 5. The van der Waals surface area contributed by atoms with Crippen LogP contribution in [0, 0.1) is 11.8 Å². The van der Waals surface area contributed by atoms with E-state index in [0.717, 1.165) is 18.4 Å². The molecule has 3 aliphatic heterocycles. The maximum absolute atomic E-state index is 13.6. The molecule has 3 heterocycles. The van der Waals surface area contributed by atoms with Crippen molar-refractivity contribution in [2.24, 2.45) is 11.8 Å². The van der Waals surface area contributed by atoms with E-state index >= 15 is 0 Å². The first kappa shape index (κ1) is 20.2. The Morgan fingerprint density at radius 3 is 2.58 bits per heavy atom. The minimum atomic E-state index is -1.29. The fourth-order valence-corrected chi connectivity index (χ4v) is 5.59. The number of likely N-dealkylation sites (tertiary alicyclic amines) is 1. The number of benzene rings is 2. The van der Waals surface area contributed by atoms with Gasteiger partial charge in [-0.05, 0) is 36.6 Å². The highest BCUT2D eigenvalue weighted by Crippen LogP contribution is 2.53. The van der Waals surface area contributed by atoms with Gasteiger partial charge in [-0.15, -0.1) is 0 Å². The lowest BCUT2D eigenvalue weighted by atomic mass is 9.76. The second-order valence-corrected chi connectivity index (χ2v) is 9.01. The summed E-state index contributed by atoms with van der Waals surface area (Å²) >= 11 is 6.27. The molecular weight excluding hydrogens is 414 g/mol. The normalized spacial score (nSPS) is 28.9. The average molecular weight is 438 g/mol. The second-order valence-electron chi connectivity index (χ2n) is 8.58. The van der Waals surface area contributed by atoms with Crippen LogP contribution >= 0.6 is 11.6 Å². The topological polar surface area (TPSA) is 78.5 Å². The third-order valence-electron chi connectivity index (χ3n) is 6.80. The zero-order valence-electron chi connectivity index (χ0n) is 17.2. The first-order valence-corrected chi connectivity index (χ1v) is 11.1. The zero-order chi connectivity index (χ0) is 21.8. The van der Waals surface area contributed by atoms with Crippen LogP contribution in [-0.4, -0.2) is 35.2 Å². The summed E-state index contributed by atoms with van der Waals surface area (Å²) in [6.45, 7) is 2.41. The van der Waals surface area contributed by atoms with Crippen molar-refractivity contribution >= 4 is 35.0 Å². The summed E-state index contributed by atoms with van der Waals surface area (Å²) in [6.07, 6.45) is 2.17. The summed E-state index contributed by atoms with van der Waals surface area (Å²) in [5.74, 6) is -2.13. The van der Waals surface area contributed by atoms with Crippen molar-refractivity contribution in [3.05, 3.63) is 64.7 Å². The molecule has 3 aliphatic rings. The standard InChI is InChI=1S/C24H24ClN3O3/c1-2-3-11-28-21(29)19-18(12-14-7-5-4-6-8-14)27-24(20(19)22(28)30)16-13-15(25)9-10-17(16)26-23(24)31/h4-10,13,18-20,27H,2-3,11-12H2,1H3,(H,26,31)/t18-,19+,20-,24+/m0/s1. The van der Waals surface area contributed by atoms with Gasteiger partial charge in [-0.3, -0.25) is 24.6 Å². The van der Waals surface area contributed by atoms with E-state index in [-0.39, 0.29) is 23.8 Å². The van der Waals surface area contributed by atoms with Crippen LogP contribution in [0.2, 0.25) is 5.02 Å². The van der Waals surface area contributed by atoms with E-state index in [1.165, 1.54) is 4.90 Å². The summed E-state index contributed by atoms with van der Waals surface area (Å²) in [5.41, 5.74) is 1.04. The summed E-state index contributed by atoms with van der Waals surface area (Å²) in [5, 5.41) is 6.84. The summed E-state index contributed by atoms with van der Waals surface area (Å²) < 4.78 is 0. The molecule has 31 heavy (non-hydrogen) atoms. The van der Waals surface area contributed by atoms with Crippen LogP contribution in [0.5, 0.6) is 0 Å². The molecule has 2 fully saturated rings. The van der Waals surface area contributed by atoms with E-state index in [9.17, 15) is 14.4 Å². The Labute approximate surface area is 185 Å². The van der Waals surface area contributed by atoms with Gasteiger partial charge < -0.3 is 5.32 Å². The molecule has 0 unspecified atom stereocenters. The van der Waals surface area contributed by atoms with Crippen LogP contribution in [-0.2, 0) is 26.3 Å². The van der Waals surface area contributed by atoms with Gasteiger partial charge in [0, 0.05) is 28.9 Å². The molecular formula is C24H24ClN3O3. The third-order valence-corrected chi connectivity index (χ3v) is 7.04. The molecule has 0 saturated carbocycles. The molecule has 6 nitrogen and oxygen atoms in total. The van der Waals surface area contributed by atoms with Gasteiger partial charge in [0.2, 0.25) is 17.7 Å². The van der Waals surface area contributed by atoms with Gasteiger partial charge in [0.1, 0.15) is 5.54 Å². The van der Waals surface area contributed by atoms with Crippen molar-refractivity contribution in [2.75, 3.05) is 11.9 Å². The molecule has 2 aromatic carbocycles. The molecule has 1 spiro atoms. The van der Waals surface area contributed by atoms with E-state index in [4.69, 9.17) is 11.6 Å². The molecule has 0 aromatic heterocycles. The van der Waals surface area contributed by atoms with Gasteiger partial charge in [0.25, 0.3) is 0 Å². The molecule has 2 N–H and O–H groups in total. The first-order chi connectivity index (χ1) is 15.0. The largest absolute Gasteiger partial charge is 0.324 e. The van der Waals surface area contributed by atoms with E-state index < -0.39 is 17.4 Å². The lowest BCUT2D eigenvalue weighted by Crippen LogP contribution is -2.53. The summed E-state index contributed by atoms with van der Waals surface area (Å²) in [7, 11) is 0. The Morgan fingerprint density at radius 2 is 1.84 bits per heavy atom. The predicted molar refractivity (Wildman–Crippen MR) is 117 cm³/mol.